The van der Waals surface area contributed by atoms with Gasteiger partial charge < -0.3 is 10.3 Å². The highest BCUT2D eigenvalue weighted by Gasteiger charge is 2.17. The summed E-state index contributed by atoms with van der Waals surface area (Å²) in [6, 6.07) is 8.38. The molecule has 146 valence electrons. The van der Waals surface area contributed by atoms with E-state index in [2.05, 4.69) is 55.5 Å². The lowest BCUT2D eigenvalue weighted by atomic mass is 10.0. The first-order valence-corrected chi connectivity index (χ1v) is 9.33. The summed E-state index contributed by atoms with van der Waals surface area (Å²) in [5.41, 5.74) is 5.82. The van der Waals surface area contributed by atoms with Crippen molar-refractivity contribution in [3.8, 4) is 11.9 Å². The molecule has 5 rings (SSSR count). The summed E-state index contributed by atoms with van der Waals surface area (Å²) in [6.45, 7) is 6.17. The summed E-state index contributed by atoms with van der Waals surface area (Å²) < 4.78 is 1.62. The standard InChI is InChI=1S/C21H17N9/c1-11-4-13(3)17-15(5-11)12(2)6-16(28-17)30-21(14(7-22)8-27-30)29-20-18-19(24-9-23-18)25-10-26-20/h4-6,8-10H,1-3H3,(H2,23,24,25,26,29). The van der Waals surface area contributed by atoms with Crippen LogP contribution < -0.4 is 5.32 Å². The maximum Gasteiger partial charge on any atom is 0.182 e. The molecule has 4 aromatic heterocycles. The molecule has 0 saturated carbocycles. The Labute approximate surface area is 171 Å². The average molecular weight is 395 g/mol. The minimum atomic E-state index is 0.376. The minimum absolute atomic E-state index is 0.376. The maximum absolute atomic E-state index is 9.61. The highest BCUT2D eigenvalue weighted by atomic mass is 15.4. The molecule has 0 atom stereocenters. The average Bonchev–Trinajstić information content (AvgIpc) is 3.36. The van der Waals surface area contributed by atoms with Crippen molar-refractivity contribution in [3.05, 3.63) is 59.3 Å². The summed E-state index contributed by atoms with van der Waals surface area (Å²) in [7, 11) is 0. The lowest BCUT2D eigenvalue weighted by Gasteiger charge is -2.13. The second-order valence-corrected chi connectivity index (χ2v) is 7.15. The molecule has 9 heteroatoms. The molecule has 1 aromatic carbocycles. The van der Waals surface area contributed by atoms with Gasteiger partial charge in [0.2, 0.25) is 0 Å². The van der Waals surface area contributed by atoms with Gasteiger partial charge in [-0.05, 0) is 44.0 Å². The Morgan fingerprint density at radius 3 is 2.77 bits per heavy atom. The molecular weight excluding hydrogens is 378 g/mol. The number of fused-ring (bicyclic) bond motifs is 2. The number of aromatic amines is 1. The number of nitriles is 1. The van der Waals surface area contributed by atoms with E-state index in [-0.39, 0.29) is 0 Å². The van der Waals surface area contributed by atoms with Gasteiger partial charge in [0.05, 0.1) is 18.0 Å². The quantitative estimate of drug-likeness (QED) is 0.478. The molecule has 0 radical (unpaired) electrons. The van der Waals surface area contributed by atoms with Gasteiger partial charge in [0.1, 0.15) is 23.5 Å². The van der Waals surface area contributed by atoms with Gasteiger partial charge in [-0.2, -0.15) is 15.0 Å². The fourth-order valence-electron chi connectivity index (χ4n) is 3.63. The molecule has 0 aliphatic rings. The number of hydrogen-bond acceptors (Lipinski definition) is 7. The summed E-state index contributed by atoms with van der Waals surface area (Å²) in [5, 5.41) is 18.3. The van der Waals surface area contributed by atoms with Crippen LogP contribution in [0.15, 0.2) is 37.1 Å². The summed E-state index contributed by atoms with van der Waals surface area (Å²) in [6.07, 6.45) is 4.48. The number of hydrogen-bond donors (Lipinski definition) is 2. The van der Waals surface area contributed by atoms with Gasteiger partial charge in [-0.15, -0.1) is 0 Å². The number of pyridine rings is 1. The number of H-pyrrole nitrogens is 1. The van der Waals surface area contributed by atoms with Crippen molar-refractivity contribution in [2.45, 2.75) is 20.8 Å². The van der Waals surface area contributed by atoms with Crippen LogP contribution in [0.3, 0.4) is 0 Å². The lowest BCUT2D eigenvalue weighted by molar-refractivity contribution is 0.857. The summed E-state index contributed by atoms with van der Waals surface area (Å²) >= 11 is 0. The Balaban J connectivity index is 1.69. The van der Waals surface area contributed by atoms with Crippen molar-refractivity contribution in [2.24, 2.45) is 0 Å². The Morgan fingerprint density at radius 1 is 1.07 bits per heavy atom. The first-order chi connectivity index (χ1) is 14.5. The third-order valence-corrected chi connectivity index (χ3v) is 5.01. The van der Waals surface area contributed by atoms with Crippen LogP contribution in [0.1, 0.15) is 22.3 Å². The van der Waals surface area contributed by atoms with Crippen molar-refractivity contribution in [1.29, 1.82) is 5.26 Å². The Hall–Kier alpha value is -4.32. The fourth-order valence-corrected chi connectivity index (χ4v) is 3.63. The van der Waals surface area contributed by atoms with Crippen molar-refractivity contribution < 1.29 is 0 Å². The van der Waals surface area contributed by atoms with Crippen LogP contribution in [0.5, 0.6) is 0 Å². The second kappa shape index (κ2) is 6.63. The molecule has 0 amide bonds. The number of benzene rings is 1. The van der Waals surface area contributed by atoms with Crippen molar-refractivity contribution in [3.63, 3.8) is 0 Å². The van der Waals surface area contributed by atoms with E-state index in [4.69, 9.17) is 4.98 Å². The molecule has 0 unspecified atom stereocenters. The topological polar surface area (TPSA) is 121 Å². The largest absolute Gasteiger partial charge is 0.340 e. The predicted molar refractivity (Wildman–Crippen MR) is 113 cm³/mol. The Bertz CT molecular complexity index is 1470. The molecular formula is C21H17N9. The number of anilines is 2. The van der Waals surface area contributed by atoms with Gasteiger partial charge in [0, 0.05) is 5.39 Å². The summed E-state index contributed by atoms with van der Waals surface area (Å²) in [4.78, 5) is 20.4. The van der Waals surface area contributed by atoms with E-state index in [1.54, 1.807) is 11.0 Å². The van der Waals surface area contributed by atoms with E-state index in [1.165, 1.54) is 18.1 Å². The first kappa shape index (κ1) is 17.8. The van der Waals surface area contributed by atoms with Gasteiger partial charge in [-0.3, -0.25) is 0 Å². The highest BCUT2D eigenvalue weighted by Crippen LogP contribution is 2.28. The molecule has 4 heterocycles. The minimum Gasteiger partial charge on any atom is -0.340 e. The smallest absolute Gasteiger partial charge is 0.182 e. The molecule has 0 bridgehead atoms. The normalized spacial score (nSPS) is 11.1. The predicted octanol–water partition coefficient (Wildman–Crippen LogP) is 3.63. The maximum atomic E-state index is 9.61. The lowest BCUT2D eigenvalue weighted by Crippen LogP contribution is -2.07. The molecule has 0 aliphatic carbocycles. The van der Waals surface area contributed by atoms with Crippen molar-refractivity contribution in [1.82, 2.24) is 34.7 Å². The molecule has 0 saturated heterocycles. The zero-order valence-corrected chi connectivity index (χ0v) is 16.6. The van der Waals surface area contributed by atoms with Crippen LogP contribution in [0.25, 0.3) is 27.9 Å². The molecule has 0 fully saturated rings. The number of aromatic nitrogens is 7. The van der Waals surface area contributed by atoms with Crippen molar-refractivity contribution >= 4 is 33.7 Å². The van der Waals surface area contributed by atoms with Gasteiger partial charge in [-0.25, -0.2) is 19.9 Å². The third-order valence-electron chi connectivity index (χ3n) is 5.01. The van der Waals surface area contributed by atoms with Gasteiger partial charge in [0.15, 0.2) is 23.1 Å². The second-order valence-electron chi connectivity index (χ2n) is 7.15. The van der Waals surface area contributed by atoms with Crippen LogP contribution in [0, 0.1) is 32.1 Å². The number of nitrogens with zero attached hydrogens (tertiary/aromatic N) is 7. The van der Waals surface area contributed by atoms with Crippen molar-refractivity contribution in [2.75, 3.05) is 5.32 Å². The van der Waals surface area contributed by atoms with E-state index >= 15 is 0 Å². The molecule has 0 aliphatic heterocycles. The van der Waals surface area contributed by atoms with Crippen LogP contribution in [-0.2, 0) is 0 Å². The van der Waals surface area contributed by atoms with Gasteiger partial charge in [0.25, 0.3) is 0 Å². The Morgan fingerprint density at radius 2 is 1.93 bits per heavy atom. The first-order valence-electron chi connectivity index (χ1n) is 9.33. The molecule has 5 aromatic rings. The van der Waals surface area contributed by atoms with E-state index in [9.17, 15) is 5.26 Å². The van der Waals surface area contributed by atoms with E-state index in [0.29, 0.717) is 34.2 Å². The van der Waals surface area contributed by atoms with Crippen LogP contribution in [-0.4, -0.2) is 34.7 Å². The zero-order chi connectivity index (χ0) is 20.8. The third kappa shape index (κ3) is 2.74. The summed E-state index contributed by atoms with van der Waals surface area (Å²) in [5.74, 6) is 1.59. The fraction of sp³-hybridized carbons (Fsp3) is 0.143. The highest BCUT2D eigenvalue weighted by molar-refractivity contribution is 5.87. The number of nitrogens with one attached hydrogen (secondary N) is 2. The molecule has 30 heavy (non-hydrogen) atoms. The van der Waals surface area contributed by atoms with E-state index in [1.807, 2.05) is 19.9 Å². The molecule has 2 N–H and O–H groups in total. The molecule has 0 spiro atoms. The number of imidazole rings is 1. The van der Waals surface area contributed by atoms with Crippen LogP contribution in [0.4, 0.5) is 11.6 Å². The van der Waals surface area contributed by atoms with Crippen LogP contribution in [0.2, 0.25) is 0 Å². The SMILES string of the molecule is Cc1cc(C)c2nc(-n3ncc(C#N)c3Nc3ncnc4nc[nH]c34)cc(C)c2c1. The Kier molecular flexibility index (Phi) is 3.93. The number of aryl methyl sites for hydroxylation is 3. The van der Waals surface area contributed by atoms with Gasteiger partial charge in [-0.1, -0.05) is 11.6 Å². The molecule has 9 nitrogen and oxygen atoms in total. The van der Waals surface area contributed by atoms with Gasteiger partial charge >= 0.3 is 0 Å². The van der Waals surface area contributed by atoms with E-state index < -0.39 is 0 Å². The monoisotopic (exact) mass is 395 g/mol. The number of rotatable bonds is 3. The zero-order valence-electron chi connectivity index (χ0n) is 16.6. The van der Waals surface area contributed by atoms with E-state index in [0.717, 1.165) is 22.0 Å². The van der Waals surface area contributed by atoms with Crippen LogP contribution >= 0.6 is 0 Å².